The Bertz CT molecular complexity index is 1420. The van der Waals surface area contributed by atoms with E-state index in [0.29, 0.717) is 5.02 Å². The van der Waals surface area contributed by atoms with Gasteiger partial charge in [-0.25, -0.2) is 9.37 Å². The Morgan fingerprint density at radius 1 is 1.21 bits per heavy atom. The minimum atomic E-state index is -4.88. The number of allylic oxidation sites excluding steroid dienone is 1. The molecule has 0 aliphatic carbocycles. The first-order valence-corrected chi connectivity index (χ1v) is 15.1. The Morgan fingerprint density at radius 2 is 1.89 bits per heavy atom. The number of halogens is 3. The molecule has 6 N–H and O–H groups in total. The number of fused-ring (bicyclic) bond motifs is 1. The van der Waals surface area contributed by atoms with Crippen LogP contribution in [0.4, 0.5) is 10.2 Å². The van der Waals surface area contributed by atoms with Gasteiger partial charge in [-0.2, -0.15) is 9.97 Å². The number of imidazole rings is 1. The molecule has 0 saturated heterocycles. The van der Waals surface area contributed by atoms with Crippen molar-refractivity contribution in [3.8, 4) is 0 Å². The zero-order valence-corrected chi connectivity index (χ0v) is 22.9. The molecule has 0 bridgehead atoms. The van der Waals surface area contributed by atoms with Crippen molar-refractivity contribution < 1.29 is 42.9 Å². The highest BCUT2D eigenvalue weighted by Gasteiger charge is 2.35. The lowest BCUT2D eigenvalue weighted by Gasteiger charge is -2.24. The lowest BCUT2D eigenvalue weighted by molar-refractivity contribution is -0.0351. The van der Waals surface area contributed by atoms with Gasteiger partial charge in [-0.3, -0.25) is 13.7 Å². The fourth-order valence-electron chi connectivity index (χ4n) is 3.34. The minimum absolute atomic E-state index is 0.0613. The molecule has 2 heterocycles. The molecule has 0 aliphatic heterocycles. The van der Waals surface area contributed by atoms with Crippen LogP contribution in [0.2, 0.25) is 10.3 Å². The lowest BCUT2D eigenvalue weighted by atomic mass is 10.0. The molecule has 1 unspecified atom stereocenters. The van der Waals surface area contributed by atoms with E-state index in [1.165, 1.54) is 13.0 Å². The first kappa shape index (κ1) is 30.6. The molecule has 0 amide bonds. The van der Waals surface area contributed by atoms with Gasteiger partial charge < -0.3 is 34.7 Å². The van der Waals surface area contributed by atoms with Crippen molar-refractivity contribution in [3.63, 3.8) is 0 Å². The standard InChI is InChI=1S/C20H24Cl2FN5O8P2/c1-2-11(8-36-38(34,35)10-37(31,32)33)16(29)14(23)19(30)28-9-25-15-17(26-20(22)27-18(15)28)24-7-12-5-3-4-6-13(12)21/h2-6,9,14,16,19,29-30H,7-8,10H2,1H3,(H,34,35)(H,24,26,27)(H2,31,32,33)/b11-2-/t14-,16+,19+/m0/s1. The van der Waals surface area contributed by atoms with E-state index in [4.69, 9.17) is 33.0 Å². The number of aliphatic hydroxyl groups is 2. The number of aliphatic hydroxyl groups excluding tert-OH is 2. The van der Waals surface area contributed by atoms with Gasteiger partial charge in [0.05, 0.1) is 12.9 Å². The molecule has 0 radical (unpaired) electrons. The molecule has 13 nitrogen and oxygen atoms in total. The van der Waals surface area contributed by atoms with E-state index in [-0.39, 0.29) is 34.4 Å². The lowest BCUT2D eigenvalue weighted by Crippen LogP contribution is -2.34. The average Bonchev–Trinajstić information content (AvgIpc) is 3.24. The zero-order chi connectivity index (χ0) is 28.3. The molecular formula is C20H24Cl2FN5O8P2. The number of rotatable bonds is 12. The molecule has 4 atom stereocenters. The maximum Gasteiger partial charge on any atom is 0.340 e. The Kier molecular flexibility index (Phi) is 10.0. The number of aromatic nitrogens is 4. The molecule has 38 heavy (non-hydrogen) atoms. The third kappa shape index (κ3) is 7.80. The summed E-state index contributed by atoms with van der Waals surface area (Å²) in [6.45, 7) is 0.763. The number of hydrogen-bond acceptors (Lipinski definition) is 9. The Morgan fingerprint density at radius 3 is 2.53 bits per heavy atom. The van der Waals surface area contributed by atoms with Crippen molar-refractivity contribution >= 4 is 55.4 Å². The van der Waals surface area contributed by atoms with Crippen LogP contribution in [-0.4, -0.2) is 69.2 Å². The van der Waals surface area contributed by atoms with Crippen molar-refractivity contribution in [2.75, 3.05) is 17.8 Å². The summed E-state index contributed by atoms with van der Waals surface area (Å²) in [5.74, 6) is -1.28. The molecule has 0 saturated carbocycles. The SMILES string of the molecule is C/C=C(/COP(=O)(O)CP(=O)(O)O)[C@@H](O)[C@H](F)[C@@H](O)n1cnc2c(NCc3ccccc3Cl)nc(Cl)nc21. The average molecular weight is 614 g/mol. The normalized spacial score (nSPS) is 16.7. The van der Waals surface area contributed by atoms with Crippen LogP contribution in [0.25, 0.3) is 11.2 Å². The second-order valence-corrected chi connectivity index (χ2v) is 12.7. The van der Waals surface area contributed by atoms with Gasteiger partial charge in [-0.05, 0) is 35.7 Å². The smallest absolute Gasteiger partial charge is 0.340 e. The molecule has 3 rings (SSSR count). The van der Waals surface area contributed by atoms with Gasteiger partial charge in [-0.1, -0.05) is 35.9 Å². The van der Waals surface area contributed by atoms with Crippen LogP contribution < -0.4 is 5.32 Å². The van der Waals surface area contributed by atoms with Gasteiger partial charge in [0.15, 0.2) is 35.3 Å². The highest BCUT2D eigenvalue weighted by molar-refractivity contribution is 7.70. The van der Waals surface area contributed by atoms with Gasteiger partial charge in [-0.15, -0.1) is 0 Å². The van der Waals surface area contributed by atoms with Crippen LogP contribution in [0.15, 0.2) is 42.2 Å². The van der Waals surface area contributed by atoms with Crippen molar-refractivity contribution in [3.05, 3.63) is 58.1 Å². The van der Waals surface area contributed by atoms with Crippen molar-refractivity contribution in [2.45, 2.75) is 32.0 Å². The van der Waals surface area contributed by atoms with Crippen LogP contribution in [0.5, 0.6) is 0 Å². The van der Waals surface area contributed by atoms with Gasteiger partial charge in [0.25, 0.3) is 0 Å². The fourth-order valence-corrected chi connectivity index (χ4v) is 6.24. The Hall–Kier alpha value is -1.96. The quantitative estimate of drug-likeness (QED) is 0.0991. The second-order valence-electron chi connectivity index (χ2n) is 7.99. The van der Waals surface area contributed by atoms with E-state index in [0.717, 1.165) is 16.5 Å². The fraction of sp³-hybridized carbons (Fsp3) is 0.350. The number of nitrogens with one attached hydrogen (secondary N) is 1. The molecule has 0 spiro atoms. The maximum absolute atomic E-state index is 15.2. The molecule has 2 aromatic heterocycles. The van der Waals surface area contributed by atoms with Crippen LogP contribution >= 0.6 is 38.4 Å². The van der Waals surface area contributed by atoms with Crippen molar-refractivity contribution in [1.82, 2.24) is 19.5 Å². The largest absolute Gasteiger partial charge is 0.385 e. The maximum atomic E-state index is 15.2. The summed E-state index contributed by atoms with van der Waals surface area (Å²) < 4.78 is 43.6. The Balaban J connectivity index is 1.78. The first-order chi connectivity index (χ1) is 17.7. The number of benzene rings is 1. The van der Waals surface area contributed by atoms with Crippen molar-refractivity contribution in [1.29, 1.82) is 0 Å². The van der Waals surface area contributed by atoms with E-state index in [9.17, 15) is 24.2 Å². The summed E-state index contributed by atoms with van der Waals surface area (Å²) in [5.41, 5.74) is 0.553. The highest BCUT2D eigenvalue weighted by atomic mass is 35.5. The molecule has 3 aromatic rings. The van der Waals surface area contributed by atoms with Crippen molar-refractivity contribution in [2.24, 2.45) is 0 Å². The zero-order valence-electron chi connectivity index (χ0n) is 19.6. The third-order valence-corrected chi connectivity index (χ3v) is 9.19. The number of nitrogens with zero attached hydrogens (tertiary/aromatic N) is 4. The molecule has 0 fully saturated rings. The van der Waals surface area contributed by atoms with Crippen LogP contribution in [0.3, 0.4) is 0 Å². The highest BCUT2D eigenvalue weighted by Crippen LogP contribution is 2.55. The number of anilines is 1. The Labute approximate surface area is 225 Å². The molecular weight excluding hydrogens is 590 g/mol. The van der Waals surface area contributed by atoms with E-state index in [1.54, 1.807) is 24.3 Å². The van der Waals surface area contributed by atoms with Gasteiger partial charge >= 0.3 is 15.2 Å². The molecule has 18 heteroatoms. The van der Waals surface area contributed by atoms with Gasteiger partial charge in [0.2, 0.25) is 5.28 Å². The molecule has 1 aromatic carbocycles. The second kappa shape index (κ2) is 12.5. The monoisotopic (exact) mass is 613 g/mol. The predicted molar refractivity (Wildman–Crippen MR) is 138 cm³/mol. The molecule has 0 aliphatic rings. The van der Waals surface area contributed by atoms with Crippen LogP contribution in [0.1, 0.15) is 18.7 Å². The topological polar surface area (TPSA) is 200 Å². The van der Waals surface area contributed by atoms with E-state index in [1.807, 2.05) is 0 Å². The van der Waals surface area contributed by atoms with Gasteiger partial charge in [0.1, 0.15) is 6.10 Å². The van der Waals surface area contributed by atoms with E-state index in [2.05, 4.69) is 24.8 Å². The molecule has 208 valence electrons. The van der Waals surface area contributed by atoms with Gasteiger partial charge in [0, 0.05) is 11.6 Å². The first-order valence-electron chi connectivity index (χ1n) is 10.8. The van der Waals surface area contributed by atoms with Crippen LogP contribution in [-0.2, 0) is 20.2 Å². The summed E-state index contributed by atoms with van der Waals surface area (Å²) in [7, 11) is -9.64. The summed E-state index contributed by atoms with van der Waals surface area (Å²) >= 11 is 12.2. The predicted octanol–water partition coefficient (Wildman–Crippen LogP) is 3.22. The van der Waals surface area contributed by atoms with E-state index < -0.39 is 46.2 Å². The summed E-state index contributed by atoms with van der Waals surface area (Å²) in [5, 5.41) is 24.4. The summed E-state index contributed by atoms with van der Waals surface area (Å²) in [4.78, 5) is 39.6. The number of alkyl halides is 1. The third-order valence-electron chi connectivity index (χ3n) is 5.22. The number of hydrogen-bond donors (Lipinski definition) is 6. The van der Waals surface area contributed by atoms with E-state index >= 15 is 4.39 Å². The van der Waals surface area contributed by atoms with Crippen LogP contribution in [0, 0.1) is 0 Å². The summed E-state index contributed by atoms with van der Waals surface area (Å²) in [6.07, 6.45) is -4.28. The summed E-state index contributed by atoms with van der Waals surface area (Å²) in [6, 6.07) is 7.06. The minimum Gasteiger partial charge on any atom is -0.385 e.